The highest BCUT2D eigenvalue weighted by molar-refractivity contribution is 5.54. The lowest BCUT2D eigenvalue weighted by atomic mass is 10.2. The molecule has 4 heteroatoms. The molecule has 17 heavy (non-hydrogen) atoms. The van der Waals surface area contributed by atoms with E-state index in [-0.39, 0.29) is 5.82 Å². The molecular formula is C13H16FN3. The second-order valence-corrected chi connectivity index (χ2v) is 4.03. The van der Waals surface area contributed by atoms with Crippen molar-refractivity contribution in [3.05, 3.63) is 42.0 Å². The monoisotopic (exact) mass is 233 g/mol. The van der Waals surface area contributed by atoms with Gasteiger partial charge in [0.1, 0.15) is 5.82 Å². The zero-order valence-electron chi connectivity index (χ0n) is 10.1. The average Bonchev–Trinajstić information content (AvgIpc) is 2.72. The molecule has 0 amide bonds. The molecule has 0 bridgehead atoms. The fraction of sp³-hybridized carbons (Fsp3) is 0.308. The summed E-state index contributed by atoms with van der Waals surface area (Å²) >= 11 is 0. The first-order valence-electron chi connectivity index (χ1n) is 5.75. The number of aryl methyl sites for hydroxylation is 2. The highest BCUT2D eigenvalue weighted by Crippen LogP contribution is 2.18. The van der Waals surface area contributed by atoms with Gasteiger partial charge in [-0.25, -0.2) is 9.37 Å². The maximum atomic E-state index is 13.1. The van der Waals surface area contributed by atoms with Gasteiger partial charge in [0, 0.05) is 24.6 Å². The molecule has 2 rings (SSSR count). The van der Waals surface area contributed by atoms with Crippen molar-refractivity contribution >= 4 is 11.6 Å². The molecule has 0 radical (unpaired) electrons. The van der Waals surface area contributed by atoms with Crippen LogP contribution in [0.2, 0.25) is 0 Å². The van der Waals surface area contributed by atoms with Gasteiger partial charge in [-0.15, -0.1) is 0 Å². The van der Waals surface area contributed by atoms with Crippen molar-refractivity contribution in [3.63, 3.8) is 0 Å². The Bertz CT molecular complexity index is 505. The molecule has 0 spiro atoms. The molecule has 2 aromatic rings. The van der Waals surface area contributed by atoms with Crippen LogP contribution in [0.3, 0.4) is 0 Å². The van der Waals surface area contributed by atoms with Gasteiger partial charge in [0.15, 0.2) is 0 Å². The molecule has 0 atom stereocenters. The largest absolute Gasteiger partial charge is 0.326 e. The Morgan fingerprint density at radius 3 is 2.94 bits per heavy atom. The van der Waals surface area contributed by atoms with Crippen molar-refractivity contribution in [1.82, 2.24) is 9.55 Å². The third-order valence-corrected chi connectivity index (χ3v) is 2.59. The van der Waals surface area contributed by atoms with Crippen molar-refractivity contribution in [3.8, 4) is 0 Å². The lowest BCUT2D eigenvalue weighted by Crippen LogP contribution is -2.03. The lowest BCUT2D eigenvalue weighted by Gasteiger charge is -2.09. The second kappa shape index (κ2) is 4.99. The van der Waals surface area contributed by atoms with E-state index in [0.29, 0.717) is 5.56 Å². The molecule has 3 nitrogen and oxygen atoms in total. The summed E-state index contributed by atoms with van der Waals surface area (Å²) in [4.78, 5) is 4.24. The predicted octanol–water partition coefficient (Wildman–Crippen LogP) is 3.48. The molecule has 0 aliphatic carbocycles. The van der Waals surface area contributed by atoms with Crippen LogP contribution in [-0.4, -0.2) is 9.55 Å². The molecular weight excluding hydrogens is 217 g/mol. The van der Waals surface area contributed by atoms with Crippen molar-refractivity contribution < 1.29 is 4.39 Å². The van der Waals surface area contributed by atoms with Crippen LogP contribution in [0.4, 0.5) is 16.0 Å². The number of aromatic nitrogens is 2. The van der Waals surface area contributed by atoms with Gasteiger partial charge in [-0.3, -0.25) is 0 Å². The minimum absolute atomic E-state index is 0.188. The molecule has 1 heterocycles. The van der Waals surface area contributed by atoms with Gasteiger partial charge in [-0.05, 0) is 37.1 Å². The van der Waals surface area contributed by atoms with Gasteiger partial charge in [0.2, 0.25) is 5.95 Å². The third-order valence-electron chi connectivity index (χ3n) is 2.59. The Balaban J connectivity index is 2.19. The van der Waals surface area contributed by atoms with E-state index in [4.69, 9.17) is 0 Å². The number of rotatable bonds is 4. The molecule has 0 fully saturated rings. The summed E-state index contributed by atoms with van der Waals surface area (Å²) in [6, 6.07) is 4.96. The first kappa shape index (κ1) is 11.6. The molecule has 0 unspecified atom stereocenters. The Kier molecular flexibility index (Phi) is 3.42. The SMILES string of the molecule is CCCn1ccnc1Nc1ccc(F)c(C)c1. The van der Waals surface area contributed by atoms with E-state index in [1.807, 2.05) is 10.8 Å². The summed E-state index contributed by atoms with van der Waals surface area (Å²) in [6.45, 7) is 4.79. The van der Waals surface area contributed by atoms with Gasteiger partial charge < -0.3 is 9.88 Å². The number of nitrogens with one attached hydrogen (secondary N) is 1. The van der Waals surface area contributed by atoms with Gasteiger partial charge in [-0.1, -0.05) is 6.92 Å². The number of nitrogens with zero attached hydrogens (tertiary/aromatic N) is 2. The van der Waals surface area contributed by atoms with E-state index >= 15 is 0 Å². The first-order valence-corrected chi connectivity index (χ1v) is 5.75. The molecule has 0 saturated heterocycles. The number of anilines is 2. The Morgan fingerprint density at radius 1 is 1.41 bits per heavy atom. The highest BCUT2D eigenvalue weighted by atomic mass is 19.1. The summed E-state index contributed by atoms with van der Waals surface area (Å²) in [6.07, 6.45) is 4.74. The maximum Gasteiger partial charge on any atom is 0.207 e. The summed E-state index contributed by atoms with van der Waals surface area (Å²) < 4.78 is 15.2. The van der Waals surface area contributed by atoms with E-state index in [9.17, 15) is 4.39 Å². The zero-order chi connectivity index (χ0) is 12.3. The van der Waals surface area contributed by atoms with Crippen LogP contribution in [0.25, 0.3) is 0 Å². The zero-order valence-corrected chi connectivity index (χ0v) is 10.1. The number of hydrogen-bond donors (Lipinski definition) is 1. The molecule has 1 aromatic heterocycles. The average molecular weight is 233 g/mol. The maximum absolute atomic E-state index is 13.1. The Hall–Kier alpha value is -1.84. The minimum Gasteiger partial charge on any atom is -0.326 e. The van der Waals surface area contributed by atoms with Crippen LogP contribution in [0.5, 0.6) is 0 Å². The van der Waals surface area contributed by atoms with Gasteiger partial charge in [-0.2, -0.15) is 0 Å². The summed E-state index contributed by atoms with van der Waals surface area (Å²) in [5, 5.41) is 3.19. The Labute approximate surface area is 100 Å². The minimum atomic E-state index is -0.188. The fourth-order valence-corrected chi connectivity index (χ4v) is 1.71. The molecule has 1 aromatic carbocycles. The predicted molar refractivity (Wildman–Crippen MR) is 66.9 cm³/mol. The van der Waals surface area contributed by atoms with Crippen molar-refractivity contribution in [1.29, 1.82) is 0 Å². The summed E-state index contributed by atoms with van der Waals surface area (Å²) in [7, 11) is 0. The quantitative estimate of drug-likeness (QED) is 0.876. The van der Waals surface area contributed by atoms with E-state index in [1.165, 1.54) is 6.07 Å². The van der Waals surface area contributed by atoms with E-state index in [0.717, 1.165) is 24.6 Å². The van der Waals surface area contributed by atoms with Crippen molar-refractivity contribution in [2.24, 2.45) is 0 Å². The lowest BCUT2D eigenvalue weighted by molar-refractivity contribution is 0.618. The van der Waals surface area contributed by atoms with Crippen LogP contribution in [-0.2, 0) is 6.54 Å². The van der Waals surface area contributed by atoms with E-state index in [2.05, 4.69) is 17.2 Å². The van der Waals surface area contributed by atoms with Crippen LogP contribution in [0, 0.1) is 12.7 Å². The summed E-state index contributed by atoms with van der Waals surface area (Å²) in [5.74, 6) is 0.602. The van der Waals surface area contributed by atoms with E-state index < -0.39 is 0 Å². The molecule has 0 saturated carbocycles. The normalized spacial score (nSPS) is 10.5. The number of halogens is 1. The molecule has 0 aliphatic heterocycles. The fourth-order valence-electron chi connectivity index (χ4n) is 1.71. The summed E-state index contributed by atoms with van der Waals surface area (Å²) in [5.41, 5.74) is 1.48. The first-order chi connectivity index (χ1) is 8.20. The van der Waals surface area contributed by atoms with Gasteiger partial charge in [0.25, 0.3) is 0 Å². The highest BCUT2D eigenvalue weighted by Gasteiger charge is 2.03. The van der Waals surface area contributed by atoms with Gasteiger partial charge >= 0.3 is 0 Å². The van der Waals surface area contributed by atoms with Crippen molar-refractivity contribution in [2.45, 2.75) is 26.8 Å². The molecule has 1 N–H and O–H groups in total. The number of imidazole rings is 1. The molecule has 0 aliphatic rings. The van der Waals surface area contributed by atoms with Crippen LogP contribution >= 0.6 is 0 Å². The van der Waals surface area contributed by atoms with E-state index in [1.54, 1.807) is 25.3 Å². The smallest absolute Gasteiger partial charge is 0.207 e. The second-order valence-electron chi connectivity index (χ2n) is 4.03. The topological polar surface area (TPSA) is 29.9 Å². The third kappa shape index (κ3) is 2.64. The van der Waals surface area contributed by atoms with Gasteiger partial charge in [0.05, 0.1) is 0 Å². The van der Waals surface area contributed by atoms with Crippen molar-refractivity contribution in [2.75, 3.05) is 5.32 Å². The number of hydrogen-bond acceptors (Lipinski definition) is 2. The standard InChI is InChI=1S/C13H16FN3/c1-3-7-17-8-6-15-13(17)16-11-4-5-12(14)10(2)9-11/h4-6,8-9H,3,7H2,1-2H3,(H,15,16). The van der Waals surface area contributed by atoms with Crippen LogP contribution in [0.1, 0.15) is 18.9 Å². The number of benzene rings is 1. The van der Waals surface area contributed by atoms with Crippen LogP contribution < -0.4 is 5.32 Å². The molecule has 90 valence electrons. The Morgan fingerprint density at radius 2 is 2.24 bits per heavy atom. The van der Waals surface area contributed by atoms with Crippen LogP contribution in [0.15, 0.2) is 30.6 Å².